The minimum atomic E-state index is 0.725. The Morgan fingerprint density at radius 2 is 1.70 bits per heavy atom. The van der Waals surface area contributed by atoms with Gasteiger partial charge in [-0.15, -0.1) is 0 Å². The van der Waals surface area contributed by atoms with Crippen molar-refractivity contribution in [2.24, 2.45) is 11.8 Å². The Hall–Kier alpha value is -1.51. The molecule has 1 aliphatic heterocycles. The van der Waals surface area contributed by atoms with Gasteiger partial charge in [0.2, 0.25) is 0 Å². The predicted molar refractivity (Wildman–Crippen MR) is 95.3 cm³/mol. The Morgan fingerprint density at radius 1 is 1.00 bits per heavy atom. The van der Waals surface area contributed by atoms with E-state index in [1.54, 1.807) is 4.90 Å². The number of nitrogens with one attached hydrogen (secondary N) is 1. The van der Waals surface area contributed by atoms with Crippen LogP contribution in [0.3, 0.4) is 0 Å². The molecule has 122 valence electrons. The van der Waals surface area contributed by atoms with Gasteiger partial charge in [0, 0.05) is 22.4 Å². The Kier molecular flexibility index (Phi) is 5.24. The first-order valence-electron chi connectivity index (χ1n) is 8.44. The van der Waals surface area contributed by atoms with Crippen LogP contribution in [0.1, 0.15) is 25.8 Å². The van der Waals surface area contributed by atoms with Crippen molar-refractivity contribution in [3.63, 3.8) is 0 Å². The first kappa shape index (κ1) is 16.4. The van der Waals surface area contributed by atoms with E-state index in [1.165, 1.54) is 25.1 Å². The van der Waals surface area contributed by atoms with E-state index in [0.717, 1.165) is 34.9 Å². The Bertz CT molecular complexity index is 630. The highest BCUT2D eigenvalue weighted by molar-refractivity contribution is 6.30. The monoisotopic (exact) mass is 330 g/mol. The second-order valence-electron chi connectivity index (χ2n) is 6.98. The Morgan fingerprint density at radius 3 is 2.39 bits per heavy atom. The van der Waals surface area contributed by atoms with Gasteiger partial charge in [0.15, 0.2) is 0 Å². The smallest absolute Gasteiger partial charge is 0.127 e. The molecule has 0 bridgehead atoms. The molecular weight excluding hydrogens is 306 g/mol. The normalized spacial score (nSPS) is 24.4. The highest BCUT2D eigenvalue weighted by atomic mass is 35.5. The van der Waals surface area contributed by atoms with E-state index < -0.39 is 0 Å². The molecule has 1 saturated heterocycles. The van der Waals surface area contributed by atoms with E-state index in [1.807, 2.05) is 30.3 Å². The van der Waals surface area contributed by atoms with Crippen LogP contribution in [0.15, 0.2) is 48.5 Å². The van der Waals surface area contributed by atoms with Gasteiger partial charge >= 0.3 is 0 Å². The molecule has 1 unspecified atom stereocenters. The average Bonchev–Trinajstić information content (AvgIpc) is 2.49. The molecule has 0 saturated carbocycles. The highest BCUT2D eigenvalue weighted by Crippen LogP contribution is 2.23. The molecule has 0 spiro atoms. The van der Waals surface area contributed by atoms with E-state index in [-0.39, 0.29) is 0 Å². The molecule has 23 heavy (non-hydrogen) atoms. The molecule has 1 heterocycles. The molecule has 1 fully saturated rings. The minimum absolute atomic E-state index is 0.725. The second kappa shape index (κ2) is 7.37. The summed E-state index contributed by atoms with van der Waals surface area (Å²) in [5, 5.41) is 0.725. The SMILES string of the molecule is C[C@@H]1C[C@H](C)C[NH+](Cc2cccc(Oc3ccc(Cl)cc3)c2)C1. The number of benzene rings is 2. The predicted octanol–water partition coefficient (Wildman–Crippen LogP) is 4.19. The van der Waals surface area contributed by atoms with Gasteiger partial charge in [-0.05, 0) is 42.8 Å². The van der Waals surface area contributed by atoms with Crippen LogP contribution >= 0.6 is 11.6 Å². The van der Waals surface area contributed by atoms with Crippen LogP contribution in [-0.4, -0.2) is 13.1 Å². The van der Waals surface area contributed by atoms with Crippen molar-refractivity contribution < 1.29 is 9.64 Å². The van der Waals surface area contributed by atoms with E-state index in [4.69, 9.17) is 16.3 Å². The molecule has 3 heteroatoms. The summed E-state index contributed by atoms with van der Waals surface area (Å²) in [7, 11) is 0. The van der Waals surface area contributed by atoms with E-state index in [9.17, 15) is 0 Å². The number of hydrogen-bond donors (Lipinski definition) is 1. The topological polar surface area (TPSA) is 13.7 Å². The van der Waals surface area contributed by atoms with Crippen molar-refractivity contribution in [1.29, 1.82) is 0 Å². The van der Waals surface area contributed by atoms with Gasteiger partial charge in [0.1, 0.15) is 18.0 Å². The number of halogens is 1. The van der Waals surface area contributed by atoms with Gasteiger partial charge in [-0.3, -0.25) is 0 Å². The third-order valence-electron chi connectivity index (χ3n) is 4.48. The fourth-order valence-electron chi connectivity index (χ4n) is 3.71. The molecule has 0 aliphatic carbocycles. The summed E-state index contributed by atoms with van der Waals surface area (Å²) in [6.45, 7) is 8.36. The summed E-state index contributed by atoms with van der Waals surface area (Å²) in [6.07, 6.45) is 1.36. The highest BCUT2D eigenvalue weighted by Gasteiger charge is 2.25. The van der Waals surface area contributed by atoms with Crippen molar-refractivity contribution in [3.05, 3.63) is 59.1 Å². The van der Waals surface area contributed by atoms with E-state index in [2.05, 4.69) is 32.0 Å². The van der Waals surface area contributed by atoms with E-state index >= 15 is 0 Å². The average molecular weight is 331 g/mol. The molecule has 2 aromatic rings. The third-order valence-corrected chi connectivity index (χ3v) is 4.73. The third kappa shape index (κ3) is 4.73. The van der Waals surface area contributed by atoms with Crippen LogP contribution in [0.5, 0.6) is 11.5 Å². The number of likely N-dealkylation sites (tertiary alicyclic amines) is 1. The first-order chi connectivity index (χ1) is 11.1. The second-order valence-corrected chi connectivity index (χ2v) is 7.42. The lowest BCUT2D eigenvalue weighted by molar-refractivity contribution is -0.925. The maximum absolute atomic E-state index is 5.94. The molecule has 1 aliphatic rings. The quantitative estimate of drug-likeness (QED) is 0.887. The van der Waals surface area contributed by atoms with Crippen LogP contribution in [-0.2, 0) is 6.54 Å². The summed E-state index contributed by atoms with van der Waals surface area (Å²) < 4.78 is 5.94. The van der Waals surface area contributed by atoms with Crippen molar-refractivity contribution in [2.75, 3.05) is 13.1 Å². The number of rotatable bonds is 4. The molecule has 0 radical (unpaired) electrons. The molecular formula is C20H25ClNO+. The lowest BCUT2D eigenvalue weighted by atomic mass is 9.91. The molecule has 2 nitrogen and oxygen atoms in total. The van der Waals surface area contributed by atoms with Gasteiger partial charge in [-0.1, -0.05) is 37.6 Å². The fraction of sp³-hybridized carbons (Fsp3) is 0.400. The van der Waals surface area contributed by atoms with Crippen molar-refractivity contribution in [1.82, 2.24) is 0 Å². The molecule has 1 N–H and O–H groups in total. The molecule has 2 aromatic carbocycles. The van der Waals surface area contributed by atoms with Gasteiger partial charge in [-0.25, -0.2) is 0 Å². The van der Waals surface area contributed by atoms with Gasteiger partial charge in [-0.2, -0.15) is 0 Å². The summed E-state index contributed by atoms with van der Waals surface area (Å²) in [4.78, 5) is 1.68. The van der Waals surface area contributed by atoms with Crippen molar-refractivity contribution in [3.8, 4) is 11.5 Å². The number of hydrogen-bond acceptors (Lipinski definition) is 1. The van der Waals surface area contributed by atoms with Crippen LogP contribution in [0, 0.1) is 11.8 Å². The van der Waals surface area contributed by atoms with Gasteiger partial charge in [0.25, 0.3) is 0 Å². The van der Waals surface area contributed by atoms with Gasteiger partial charge < -0.3 is 9.64 Å². The number of ether oxygens (including phenoxy) is 1. The molecule has 3 rings (SSSR count). The molecule has 0 aromatic heterocycles. The standard InChI is InChI=1S/C20H24ClNO/c1-15-10-16(2)13-22(12-15)14-17-4-3-5-20(11-17)23-19-8-6-18(21)7-9-19/h3-9,11,15-16H,10,12-14H2,1-2H3/p+1/t15-,16+. The Balaban J connectivity index is 1.66. The summed E-state index contributed by atoms with van der Waals surface area (Å²) in [5.74, 6) is 3.35. The van der Waals surface area contributed by atoms with Crippen LogP contribution in [0.2, 0.25) is 5.02 Å². The van der Waals surface area contributed by atoms with Crippen molar-refractivity contribution >= 4 is 11.6 Å². The Labute approximate surface area is 144 Å². The summed E-state index contributed by atoms with van der Waals surface area (Å²) in [6, 6.07) is 15.9. The van der Waals surface area contributed by atoms with Crippen molar-refractivity contribution in [2.45, 2.75) is 26.8 Å². The van der Waals surface area contributed by atoms with Gasteiger partial charge in [0.05, 0.1) is 13.1 Å². The number of quaternary nitrogens is 1. The lowest BCUT2D eigenvalue weighted by Crippen LogP contribution is -3.13. The largest absolute Gasteiger partial charge is 0.457 e. The van der Waals surface area contributed by atoms with Crippen LogP contribution in [0.4, 0.5) is 0 Å². The molecule has 0 amide bonds. The fourth-order valence-corrected chi connectivity index (χ4v) is 3.84. The number of piperidine rings is 1. The maximum atomic E-state index is 5.94. The molecule has 3 atom stereocenters. The summed E-state index contributed by atoms with van der Waals surface area (Å²) in [5.41, 5.74) is 1.34. The summed E-state index contributed by atoms with van der Waals surface area (Å²) >= 11 is 5.91. The zero-order chi connectivity index (χ0) is 16.2. The zero-order valence-corrected chi connectivity index (χ0v) is 14.6. The first-order valence-corrected chi connectivity index (χ1v) is 8.82. The van der Waals surface area contributed by atoms with Crippen LogP contribution < -0.4 is 9.64 Å². The maximum Gasteiger partial charge on any atom is 0.127 e. The van der Waals surface area contributed by atoms with Crippen LogP contribution in [0.25, 0.3) is 0 Å². The minimum Gasteiger partial charge on any atom is -0.457 e. The zero-order valence-electron chi connectivity index (χ0n) is 13.9. The lowest BCUT2D eigenvalue weighted by Gasteiger charge is -2.32. The van der Waals surface area contributed by atoms with E-state index in [0.29, 0.717) is 0 Å².